The summed E-state index contributed by atoms with van der Waals surface area (Å²) in [6.45, 7) is 6.67. The molecule has 0 radical (unpaired) electrons. The number of rotatable bonds is 5. The second kappa shape index (κ2) is 4.53. The van der Waals surface area contributed by atoms with Gasteiger partial charge in [-0.05, 0) is 31.1 Å². The van der Waals surface area contributed by atoms with Gasteiger partial charge in [0.05, 0.1) is 18.3 Å². The average Bonchev–Trinajstić information content (AvgIpc) is 2.81. The Morgan fingerprint density at radius 3 is 2.69 bits per heavy atom. The normalized spacial score (nSPS) is 24.1. The zero-order chi connectivity index (χ0) is 11.7. The zero-order valence-corrected chi connectivity index (χ0v) is 10.3. The summed E-state index contributed by atoms with van der Waals surface area (Å²) in [5.74, 6) is 1.39. The van der Waals surface area contributed by atoms with Gasteiger partial charge in [-0.15, -0.1) is 5.10 Å². The van der Waals surface area contributed by atoms with Gasteiger partial charge in [-0.3, -0.25) is 0 Å². The Kier molecular flexibility index (Phi) is 3.28. The Labute approximate surface area is 96.7 Å². The predicted octanol–water partition coefficient (Wildman–Crippen LogP) is 1.94. The van der Waals surface area contributed by atoms with Crippen LogP contribution in [-0.2, 0) is 13.0 Å². The minimum atomic E-state index is 0.00846. The van der Waals surface area contributed by atoms with Crippen LogP contribution in [0.1, 0.15) is 51.0 Å². The molecule has 2 atom stereocenters. The van der Waals surface area contributed by atoms with Crippen molar-refractivity contribution in [2.45, 2.75) is 52.7 Å². The number of aliphatic hydroxyl groups excluding tert-OH is 1. The Balaban J connectivity index is 2.14. The maximum atomic E-state index is 9.25. The molecule has 0 saturated heterocycles. The van der Waals surface area contributed by atoms with Crippen molar-refractivity contribution in [3.05, 3.63) is 11.4 Å². The summed E-state index contributed by atoms with van der Waals surface area (Å²) < 4.78 is 2.04. The van der Waals surface area contributed by atoms with Gasteiger partial charge in [-0.25, -0.2) is 4.68 Å². The van der Waals surface area contributed by atoms with E-state index in [9.17, 15) is 5.11 Å². The van der Waals surface area contributed by atoms with Gasteiger partial charge >= 0.3 is 0 Å². The molecule has 4 nitrogen and oxygen atoms in total. The van der Waals surface area contributed by atoms with Crippen molar-refractivity contribution < 1.29 is 5.11 Å². The van der Waals surface area contributed by atoms with Gasteiger partial charge in [0.15, 0.2) is 0 Å². The first-order valence-corrected chi connectivity index (χ1v) is 6.17. The van der Waals surface area contributed by atoms with Gasteiger partial charge in [-0.2, -0.15) is 0 Å². The topological polar surface area (TPSA) is 50.9 Å². The molecule has 4 heteroatoms. The van der Waals surface area contributed by atoms with Crippen molar-refractivity contribution in [3.63, 3.8) is 0 Å². The maximum absolute atomic E-state index is 9.25. The molecule has 0 spiro atoms. The molecule has 0 aliphatic heterocycles. The Bertz CT molecular complexity index is 359. The lowest BCUT2D eigenvalue weighted by atomic mass is 10.1. The van der Waals surface area contributed by atoms with Crippen LogP contribution in [0.2, 0.25) is 0 Å². The Morgan fingerprint density at radius 2 is 2.19 bits per heavy atom. The number of hydrogen-bond acceptors (Lipinski definition) is 3. The summed E-state index contributed by atoms with van der Waals surface area (Å²) in [5.41, 5.74) is 1.91. The van der Waals surface area contributed by atoms with Crippen molar-refractivity contribution in [2.75, 3.05) is 0 Å². The van der Waals surface area contributed by atoms with E-state index in [4.69, 9.17) is 0 Å². The molecule has 0 amide bonds. The van der Waals surface area contributed by atoms with E-state index in [2.05, 4.69) is 31.1 Å². The number of nitrogens with zero attached hydrogens (tertiary/aromatic N) is 3. The first-order valence-electron chi connectivity index (χ1n) is 6.17. The van der Waals surface area contributed by atoms with Crippen molar-refractivity contribution in [3.8, 4) is 0 Å². The minimum absolute atomic E-state index is 0.00846. The van der Waals surface area contributed by atoms with Crippen LogP contribution < -0.4 is 0 Å². The molecule has 1 N–H and O–H groups in total. The van der Waals surface area contributed by atoms with E-state index in [0.717, 1.165) is 24.2 Å². The molecule has 0 aromatic carbocycles. The van der Waals surface area contributed by atoms with Crippen LogP contribution in [-0.4, -0.2) is 20.1 Å². The van der Waals surface area contributed by atoms with E-state index in [1.165, 1.54) is 6.42 Å². The quantitative estimate of drug-likeness (QED) is 0.830. The fraction of sp³-hybridized carbons (Fsp3) is 0.833. The van der Waals surface area contributed by atoms with Crippen LogP contribution in [0.15, 0.2) is 0 Å². The van der Waals surface area contributed by atoms with Gasteiger partial charge in [0, 0.05) is 0 Å². The third kappa shape index (κ3) is 2.26. The van der Waals surface area contributed by atoms with Crippen LogP contribution >= 0.6 is 0 Å². The van der Waals surface area contributed by atoms with Crippen molar-refractivity contribution in [1.29, 1.82) is 0 Å². The summed E-state index contributed by atoms with van der Waals surface area (Å²) in [6, 6.07) is 0.523. The Morgan fingerprint density at radius 1 is 1.50 bits per heavy atom. The van der Waals surface area contributed by atoms with Crippen LogP contribution in [0.4, 0.5) is 0 Å². The molecule has 1 aromatic rings. The fourth-order valence-corrected chi connectivity index (χ4v) is 2.06. The molecule has 1 heterocycles. The molecular weight excluding hydrogens is 202 g/mol. The highest BCUT2D eigenvalue weighted by atomic mass is 16.3. The molecule has 16 heavy (non-hydrogen) atoms. The monoisotopic (exact) mass is 223 g/mol. The molecule has 2 unspecified atom stereocenters. The molecule has 1 aromatic heterocycles. The number of aromatic nitrogens is 3. The third-order valence-corrected chi connectivity index (χ3v) is 3.36. The van der Waals surface area contributed by atoms with Crippen LogP contribution in [0, 0.1) is 11.8 Å². The molecule has 0 bridgehead atoms. The summed E-state index contributed by atoms with van der Waals surface area (Å²) in [4.78, 5) is 0. The molecule has 1 aliphatic carbocycles. The van der Waals surface area contributed by atoms with Gasteiger partial charge in [0.2, 0.25) is 0 Å². The lowest BCUT2D eigenvalue weighted by molar-refractivity contribution is 0.275. The second-order valence-corrected chi connectivity index (χ2v) is 5.30. The molecule has 1 fully saturated rings. The molecule has 1 aliphatic rings. The van der Waals surface area contributed by atoms with E-state index in [1.807, 2.05) is 4.68 Å². The van der Waals surface area contributed by atoms with Gasteiger partial charge in [0.25, 0.3) is 0 Å². The molecular formula is C12H21N3O. The summed E-state index contributed by atoms with van der Waals surface area (Å²) in [7, 11) is 0. The standard InChI is InChI=1S/C12H21N3O/c1-8(2)4-5-11-10(7-16)13-14-15(11)12-6-9(12)3/h8-9,12,16H,4-7H2,1-3H3. The zero-order valence-electron chi connectivity index (χ0n) is 10.3. The molecule has 90 valence electrons. The highest BCUT2D eigenvalue weighted by molar-refractivity contribution is 5.12. The second-order valence-electron chi connectivity index (χ2n) is 5.30. The van der Waals surface area contributed by atoms with E-state index in [0.29, 0.717) is 17.9 Å². The van der Waals surface area contributed by atoms with Crippen LogP contribution in [0.25, 0.3) is 0 Å². The van der Waals surface area contributed by atoms with Gasteiger partial charge in [0.1, 0.15) is 5.69 Å². The van der Waals surface area contributed by atoms with Crippen molar-refractivity contribution in [1.82, 2.24) is 15.0 Å². The summed E-state index contributed by atoms with van der Waals surface area (Å²) >= 11 is 0. The number of hydrogen-bond donors (Lipinski definition) is 1. The smallest absolute Gasteiger partial charge is 0.111 e. The highest BCUT2D eigenvalue weighted by Gasteiger charge is 2.37. The van der Waals surface area contributed by atoms with E-state index < -0.39 is 0 Å². The summed E-state index contributed by atoms with van der Waals surface area (Å²) in [6.07, 6.45) is 3.30. The largest absolute Gasteiger partial charge is 0.390 e. The molecule has 2 rings (SSSR count). The predicted molar refractivity (Wildman–Crippen MR) is 61.9 cm³/mol. The first-order chi connectivity index (χ1) is 7.63. The summed E-state index contributed by atoms with van der Waals surface area (Å²) in [5, 5.41) is 17.5. The van der Waals surface area contributed by atoms with Crippen LogP contribution in [0.3, 0.4) is 0 Å². The van der Waals surface area contributed by atoms with E-state index in [1.54, 1.807) is 0 Å². The first kappa shape index (κ1) is 11.6. The lowest BCUT2D eigenvalue weighted by Crippen LogP contribution is -2.07. The molecule has 1 saturated carbocycles. The van der Waals surface area contributed by atoms with E-state index >= 15 is 0 Å². The van der Waals surface area contributed by atoms with E-state index in [-0.39, 0.29) is 6.61 Å². The third-order valence-electron chi connectivity index (χ3n) is 3.36. The fourth-order valence-electron chi connectivity index (χ4n) is 2.06. The Hall–Kier alpha value is -0.900. The van der Waals surface area contributed by atoms with Crippen molar-refractivity contribution in [2.24, 2.45) is 11.8 Å². The van der Waals surface area contributed by atoms with Gasteiger partial charge < -0.3 is 5.11 Å². The van der Waals surface area contributed by atoms with Crippen molar-refractivity contribution >= 4 is 0 Å². The number of aliphatic hydroxyl groups is 1. The van der Waals surface area contributed by atoms with Gasteiger partial charge in [-0.1, -0.05) is 26.0 Å². The lowest BCUT2D eigenvalue weighted by Gasteiger charge is -2.08. The SMILES string of the molecule is CC(C)CCc1c(CO)nnn1C1CC1C. The van der Waals surface area contributed by atoms with Crippen LogP contribution in [0.5, 0.6) is 0 Å². The highest BCUT2D eigenvalue weighted by Crippen LogP contribution is 2.43. The average molecular weight is 223 g/mol. The minimum Gasteiger partial charge on any atom is -0.390 e. The maximum Gasteiger partial charge on any atom is 0.111 e.